The van der Waals surface area contributed by atoms with Crippen LogP contribution in [-0.2, 0) is 11.8 Å². The third-order valence-electron chi connectivity index (χ3n) is 2.56. The van der Waals surface area contributed by atoms with Crippen LogP contribution in [0.4, 0.5) is 13.2 Å². The number of imidazole rings is 1. The molecule has 0 N–H and O–H groups in total. The fourth-order valence-electron chi connectivity index (χ4n) is 1.61. The summed E-state index contributed by atoms with van der Waals surface area (Å²) >= 11 is 1.08. The highest BCUT2D eigenvalue weighted by atomic mass is 32.1. The van der Waals surface area contributed by atoms with E-state index < -0.39 is 18.2 Å². The van der Waals surface area contributed by atoms with Gasteiger partial charge in [-0.25, -0.2) is 9.78 Å². The summed E-state index contributed by atoms with van der Waals surface area (Å²) in [5.41, 5.74) is 0. The second kappa shape index (κ2) is 5.28. The summed E-state index contributed by atoms with van der Waals surface area (Å²) in [5, 5.41) is 0. The van der Waals surface area contributed by atoms with Gasteiger partial charge in [0.15, 0.2) is 5.82 Å². The van der Waals surface area contributed by atoms with Gasteiger partial charge in [0.2, 0.25) is 0 Å². The van der Waals surface area contributed by atoms with Crippen LogP contribution >= 0.6 is 11.3 Å². The summed E-state index contributed by atoms with van der Waals surface area (Å²) in [6.45, 7) is 1.75. The molecule has 0 aliphatic carbocycles. The number of ether oxygens (including phenoxy) is 1. The quantitative estimate of drug-likeness (QED) is 0.818. The summed E-state index contributed by atoms with van der Waals surface area (Å²) in [7, 11) is 1.41. The molecule has 4 nitrogen and oxygen atoms in total. The van der Waals surface area contributed by atoms with Crippen molar-refractivity contribution >= 4 is 17.3 Å². The van der Waals surface area contributed by atoms with Crippen LogP contribution in [0.1, 0.15) is 26.5 Å². The molecule has 0 fully saturated rings. The Morgan fingerprint density at radius 2 is 2.15 bits per heavy atom. The topological polar surface area (TPSA) is 44.1 Å². The molecule has 2 aromatic rings. The van der Waals surface area contributed by atoms with Gasteiger partial charge in [0.25, 0.3) is 6.10 Å². The predicted octanol–water partition coefficient (Wildman–Crippen LogP) is 3.25. The van der Waals surface area contributed by atoms with Crippen LogP contribution < -0.4 is 0 Å². The molecule has 108 valence electrons. The fourth-order valence-corrected chi connectivity index (χ4v) is 2.36. The maximum Gasteiger partial charge on any atom is 0.432 e. The van der Waals surface area contributed by atoms with Crippen LogP contribution in [0.2, 0.25) is 0 Å². The largest absolute Gasteiger partial charge is 0.440 e. The van der Waals surface area contributed by atoms with E-state index in [2.05, 4.69) is 9.72 Å². The SMILES string of the molecule is Cc1ccc(C(=O)OC(c2nccn2C)C(F)(F)F)s1. The lowest BCUT2D eigenvalue weighted by Gasteiger charge is -2.19. The van der Waals surface area contributed by atoms with E-state index in [9.17, 15) is 18.0 Å². The van der Waals surface area contributed by atoms with E-state index in [1.54, 1.807) is 13.0 Å². The lowest BCUT2D eigenvalue weighted by Crippen LogP contribution is -2.28. The molecule has 2 heterocycles. The van der Waals surface area contributed by atoms with Gasteiger partial charge in [-0.1, -0.05) is 0 Å². The number of hydrogen-bond donors (Lipinski definition) is 0. The Labute approximate surface area is 116 Å². The number of alkyl halides is 3. The van der Waals surface area contributed by atoms with Gasteiger partial charge in [-0.15, -0.1) is 11.3 Å². The molecule has 0 aliphatic rings. The summed E-state index contributed by atoms with van der Waals surface area (Å²) in [6.07, 6.45) is -4.52. The zero-order valence-corrected chi connectivity index (χ0v) is 11.5. The molecule has 0 bridgehead atoms. The van der Waals surface area contributed by atoms with Crippen molar-refractivity contribution in [2.75, 3.05) is 0 Å². The Morgan fingerprint density at radius 1 is 1.45 bits per heavy atom. The minimum absolute atomic E-state index is 0.131. The average Bonchev–Trinajstić information content (AvgIpc) is 2.93. The van der Waals surface area contributed by atoms with Gasteiger partial charge < -0.3 is 9.30 Å². The maximum atomic E-state index is 13.0. The molecule has 0 spiro atoms. The first kappa shape index (κ1) is 14.6. The highest BCUT2D eigenvalue weighted by molar-refractivity contribution is 7.13. The number of aromatic nitrogens is 2. The summed E-state index contributed by atoms with van der Waals surface area (Å²) in [4.78, 5) is 16.3. The number of hydrogen-bond acceptors (Lipinski definition) is 4. The van der Waals surface area contributed by atoms with Crippen molar-refractivity contribution < 1.29 is 22.7 Å². The summed E-state index contributed by atoms with van der Waals surface area (Å²) in [6, 6.07) is 3.08. The first-order valence-corrected chi connectivity index (χ1v) is 6.42. The van der Waals surface area contributed by atoms with Crippen molar-refractivity contribution in [2.45, 2.75) is 19.2 Å². The van der Waals surface area contributed by atoms with Crippen molar-refractivity contribution in [1.82, 2.24) is 9.55 Å². The lowest BCUT2D eigenvalue weighted by molar-refractivity contribution is -0.210. The van der Waals surface area contributed by atoms with Crippen LogP contribution in [0.25, 0.3) is 0 Å². The van der Waals surface area contributed by atoms with Crippen molar-refractivity contribution in [2.24, 2.45) is 7.05 Å². The third-order valence-corrected chi connectivity index (χ3v) is 3.54. The Bertz CT molecular complexity index is 618. The normalized spacial score (nSPS) is 13.2. The minimum Gasteiger partial charge on any atom is -0.440 e. The van der Waals surface area contributed by atoms with Crippen LogP contribution in [0.15, 0.2) is 24.5 Å². The Balaban J connectivity index is 2.26. The van der Waals surface area contributed by atoms with Gasteiger partial charge in [0, 0.05) is 24.3 Å². The number of aryl methyl sites for hydroxylation is 2. The second-order valence-corrected chi connectivity index (χ2v) is 5.42. The number of thiophene rings is 1. The number of carbonyl (C=O) groups excluding carboxylic acids is 1. The zero-order chi connectivity index (χ0) is 14.9. The first-order chi connectivity index (χ1) is 9.29. The number of esters is 1. The smallest absolute Gasteiger partial charge is 0.432 e. The molecule has 8 heteroatoms. The number of halogens is 3. The Hall–Kier alpha value is -1.83. The molecule has 20 heavy (non-hydrogen) atoms. The molecular weight excluding hydrogens is 293 g/mol. The van der Waals surface area contributed by atoms with Crippen molar-refractivity contribution in [3.05, 3.63) is 40.1 Å². The van der Waals surface area contributed by atoms with Crippen molar-refractivity contribution in [3.63, 3.8) is 0 Å². The fraction of sp³-hybridized carbons (Fsp3) is 0.333. The number of rotatable bonds is 3. The molecule has 0 saturated carbocycles. The van der Waals surface area contributed by atoms with Gasteiger partial charge in [-0.05, 0) is 19.1 Å². The molecule has 0 radical (unpaired) electrons. The second-order valence-electron chi connectivity index (χ2n) is 4.13. The monoisotopic (exact) mass is 304 g/mol. The van der Waals surface area contributed by atoms with Crippen LogP contribution in [0.5, 0.6) is 0 Å². The van der Waals surface area contributed by atoms with E-state index in [-0.39, 0.29) is 10.7 Å². The average molecular weight is 304 g/mol. The van der Waals surface area contributed by atoms with E-state index in [0.717, 1.165) is 16.2 Å². The molecule has 1 unspecified atom stereocenters. The molecule has 0 amide bonds. The van der Waals surface area contributed by atoms with E-state index >= 15 is 0 Å². The maximum absolute atomic E-state index is 13.0. The molecule has 2 rings (SSSR count). The molecule has 0 aliphatic heterocycles. The standard InChI is InChI=1S/C12H11F3N2O2S/c1-7-3-4-8(20-7)11(18)19-9(12(13,14)15)10-16-5-6-17(10)2/h3-6,9H,1-2H3. The number of nitrogens with zero attached hydrogens (tertiary/aromatic N) is 2. The highest BCUT2D eigenvalue weighted by Gasteiger charge is 2.46. The van der Waals surface area contributed by atoms with E-state index in [1.165, 1.54) is 30.1 Å². The molecule has 0 aromatic carbocycles. The lowest BCUT2D eigenvalue weighted by atomic mass is 10.3. The summed E-state index contributed by atoms with van der Waals surface area (Å²) in [5.74, 6) is -1.37. The first-order valence-electron chi connectivity index (χ1n) is 5.60. The third kappa shape index (κ3) is 3.01. The Kier molecular flexibility index (Phi) is 3.85. The van der Waals surface area contributed by atoms with Gasteiger partial charge in [0.05, 0.1) is 0 Å². The Morgan fingerprint density at radius 3 is 2.60 bits per heavy atom. The van der Waals surface area contributed by atoms with Gasteiger partial charge >= 0.3 is 12.1 Å². The van der Waals surface area contributed by atoms with Crippen LogP contribution in [0, 0.1) is 6.92 Å². The number of carbonyl (C=O) groups is 1. The van der Waals surface area contributed by atoms with Gasteiger partial charge in [0.1, 0.15) is 4.88 Å². The van der Waals surface area contributed by atoms with Crippen LogP contribution in [-0.4, -0.2) is 21.7 Å². The van der Waals surface area contributed by atoms with E-state index in [4.69, 9.17) is 0 Å². The highest BCUT2D eigenvalue weighted by Crippen LogP contribution is 2.35. The minimum atomic E-state index is -4.72. The van der Waals surface area contributed by atoms with Gasteiger partial charge in [-0.2, -0.15) is 13.2 Å². The van der Waals surface area contributed by atoms with Crippen LogP contribution in [0.3, 0.4) is 0 Å². The zero-order valence-electron chi connectivity index (χ0n) is 10.6. The summed E-state index contributed by atoms with van der Waals surface area (Å²) < 4.78 is 44.8. The molecule has 0 saturated heterocycles. The van der Waals surface area contributed by atoms with Crippen molar-refractivity contribution in [3.8, 4) is 0 Å². The molecule has 1 atom stereocenters. The molecular formula is C12H11F3N2O2S. The van der Waals surface area contributed by atoms with E-state index in [1.807, 2.05) is 0 Å². The van der Waals surface area contributed by atoms with Gasteiger partial charge in [-0.3, -0.25) is 0 Å². The van der Waals surface area contributed by atoms with E-state index in [0.29, 0.717) is 0 Å². The van der Waals surface area contributed by atoms with Crippen molar-refractivity contribution in [1.29, 1.82) is 0 Å². The predicted molar refractivity (Wildman–Crippen MR) is 66.5 cm³/mol. The molecule has 2 aromatic heterocycles.